The highest BCUT2D eigenvalue weighted by molar-refractivity contribution is 5.48. The molecule has 0 saturated carbocycles. The molecule has 0 bridgehead atoms. The zero-order valence-corrected chi connectivity index (χ0v) is 11.8. The lowest BCUT2D eigenvalue weighted by atomic mass is 10.3. The third-order valence-electron chi connectivity index (χ3n) is 3.15. The fraction of sp³-hybridized carbons (Fsp3) is 0.133. The summed E-state index contributed by atoms with van der Waals surface area (Å²) in [4.78, 5) is 14.8. The molecule has 0 spiro atoms. The molecule has 2 heterocycles. The van der Waals surface area contributed by atoms with Crippen molar-refractivity contribution in [3.05, 3.63) is 64.6 Å². The van der Waals surface area contributed by atoms with Crippen LogP contribution in [0.25, 0.3) is 5.65 Å². The van der Waals surface area contributed by atoms with Gasteiger partial charge in [-0.15, -0.1) is 0 Å². The lowest BCUT2D eigenvalue weighted by molar-refractivity contribution is -0.385. The van der Waals surface area contributed by atoms with Gasteiger partial charge in [-0.1, -0.05) is 6.07 Å². The fourth-order valence-electron chi connectivity index (χ4n) is 2.10. The Hall–Kier alpha value is -3.09. The smallest absolute Gasteiger partial charge is 0.273 e. The highest BCUT2D eigenvalue weighted by atomic mass is 16.6. The maximum Gasteiger partial charge on any atom is 0.273 e. The van der Waals surface area contributed by atoms with E-state index in [1.165, 1.54) is 25.3 Å². The summed E-state index contributed by atoms with van der Waals surface area (Å²) in [5.74, 6) is 0.753. The van der Waals surface area contributed by atoms with Crippen LogP contribution in [0.15, 0.2) is 48.8 Å². The van der Waals surface area contributed by atoms with Crippen molar-refractivity contribution >= 4 is 11.3 Å². The molecule has 0 aliphatic carbocycles. The first-order chi connectivity index (χ1) is 10.7. The number of methoxy groups -OCH3 is 1. The molecular weight excluding hydrogens is 286 g/mol. The quantitative estimate of drug-likeness (QED) is 0.534. The minimum atomic E-state index is -0.475. The second-order valence-electron chi connectivity index (χ2n) is 4.58. The van der Waals surface area contributed by atoms with Crippen molar-refractivity contribution in [3.63, 3.8) is 0 Å². The van der Waals surface area contributed by atoms with E-state index in [0.29, 0.717) is 11.5 Å². The van der Waals surface area contributed by atoms with Crippen LogP contribution < -0.4 is 9.47 Å². The minimum absolute atomic E-state index is 0.0502. The third kappa shape index (κ3) is 2.69. The molecule has 0 N–H and O–H groups in total. The van der Waals surface area contributed by atoms with Gasteiger partial charge in [0.15, 0.2) is 11.5 Å². The van der Waals surface area contributed by atoms with Gasteiger partial charge in [0.25, 0.3) is 5.69 Å². The van der Waals surface area contributed by atoms with Crippen LogP contribution in [0.4, 0.5) is 5.69 Å². The minimum Gasteiger partial charge on any atom is -0.493 e. The number of nitrogens with zero attached hydrogens (tertiary/aromatic N) is 3. The summed E-state index contributed by atoms with van der Waals surface area (Å²) >= 11 is 0. The lowest BCUT2D eigenvalue weighted by Gasteiger charge is -2.09. The van der Waals surface area contributed by atoms with Crippen LogP contribution in [-0.2, 0) is 6.61 Å². The van der Waals surface area contributed by atoms with Gasteiger partial charge in [-0.05, 0) is 18.2 Å². The first kappa shape index (κ1) is 13.9. The van der Waals surface area contributed by atoms with Crippen molar-refractivity contribution in [2.24, 2.45) is 0 Å². The van der Waals surface area contributed by atoms with Gasteiger partial charge in [0.05, 0.1) is 23.8 Å². The predicted molar refractivity (Wildman–Crippen MR) is 79.2 cm³/mol. The second-order valence-corrected chi connectivity index (χ2v) is 4.58. The molecule has 1 aromatic carbocycles. The average Bonchev–Trinajstić information content (AvgIpc) is 2.95. The van der Waals surface area contributed by atoms with E-state index in [4.69, 9.17) is 9.47 Å². The molecule has 0 saturated heterocycles. The van der Waals surface area contributed by atoms with Gasteiger partial charge in [-0.25, -0.2) is 4.98 Å². The number of hydrogen-bond donors (Lipinski definition) is 0. The Kier molecular flexibility index (Phi) is 3.61. The van der Waals surface area contributed by atoms with E-state index in [9.17, 15) is 10.1 Å². The van der Waals surface area contributed by atoms with E-state index in [0.717, 1.165) is 11.3 Å². The van der Waals surface area contributed by atoms with Crippen LogP contribution in [0, 0.1) is 10.1 Å². The molecule has 3 aromatic rings. The van der Waals surface area contributed by atoms with Crippen LogP contribution in [0.5, 0.6) is 11.5 Å². The summed E-state index contributed by atoms with van der Waals surface area (Å²) in [6, 6.07) is 9.92. The zero-order valence-electron chi connectivity index (χ0n) is 11.8. The zero-order chi connectivity index (χ0) is 15.5. The molecule has 0 fully saturated rings. The highest BCUT2D eigenvalue weighted by Gasteiger charge is 2.13. The largest absolute Gasteiger partial charge is 0.493 e. The number of ether oxygens (including phenoxy) is 2. The van der Waals surface area contributed by atoms with Crippen LogP contribution in [-0.4, -0.2) is 21.4 Å². The summed E-state index contributed by atoms with van der Waals surface area (Å²) in [5.41, 5.74) is 1.48. The Labute approximate surface area is 125 Å². The third-order valence-corrected chi connectivity index (χ3v) is 3.15. The Balaban J connectivity index is 1.83. The Morgan fingerprint density at radius 2 is 2.14 bits per heavy atom. The van der Waals surface area contributed by atoms with E-state index in [1.54, 1.807) is 0 Å². The Morgan fingerprint density at radius 1 is 1.27 bits per heavy atom. The molecule has 0 aliphatic heterocycles. The van der Waals surface area contributed by atoms with E-state index in [-0.39, 0.29) is 12.3 Å². The molecule has 7 heteroatoms. The first-order valence-corrected chi connectivity index (χ1v) is 6.55. The average molecular weight is 299 g/mol. The standard InChI is InChI=1S/C15H13N3O4/c1-21-13-6-5-12(18(19)20)8-14(13)22-10-11-9-17-7-3-2-4-15(17)16-11/h2-9H,10H2,1H3. The monoisotopic (exact) mass is 299 g/mol. The predicted octanol–water partition coefficient (Wildman–Crippen LogP) is 2.83. The number of benzene rings is 1. The molecule has 2 aromatic heterocycles. The number of pyridine rings is 1. The molecule has 0 amide bonds. The summed E-state index contributed by atoms with van der Waals surface area (Å²) in [5, 5.41) is 10.8. The molecule has 112 valence electrons. The van der Waals surface area contributed by atoms with Crippen molar-refractivity contribution in [2.75, 3.05) is 7.11 Å². The number of imidazole rings is 1. The van der Waals surface area contributed by atoms with Gasteiger partial charge in [0.1, 0.15) is 12.3 Å². The molecule has 7 nitrogen and oxygen atoms in total. The van der Waals surface area contributed by atoms with Crippen molar-refractivity contribution in [1.82, 2.24) is 9.38 Å². The van der Waals surface area contributed by atoms with Gasteiger partial charge >= 0.3 is 0 Å². The van der Waals surface area contributed by atoms with Crippen molar-refractivity contribution in [3.8, 4) is 11.5 Å². The number of fused-ring (bicyclic) bond motifs is 1. The van der Waals surface area contributed by atoms with E-state index < -0.39 is 4.92 Å². The maximum absolute atomic E-state index is 10.8. The van der Waals surface area contributed by atoms with E-state index in [2.05, 4.69) is 4.98 Å². The number of non-ortho nitro benzene ring substituents is 1. The molecule has 0 atom stereocenters. The van der Waals surface area contributed by atoms with Crippen LogP contribution >= 0.6 is 0 Å². The first-order valence-electron chi connectivity index (χ1n) is 6.55. The van der Waals surface area contributed by atoms with Crippen molar-refractivity contribution in [2.45, 2.75) is 6.61 Å². The number of rotatable bonds is 5. The Bertz CT molecular complexity index is 796. The van der Waals surface area contributed by atoms with Crippen molar-refractivity contribution in [1.29, 1.82) is 0 Å². The van der Waals surface area contributed by atoms with Gasteiger partial charge in [0.2, 0.25) is 0 Å². The SMILES string of the molecule is COc1ccc([N+](=O)[O-])cc1OCc1cn2ccccc2n1. The maximum atomic E-state index is 10.8. The lowest BCUT2D eigenvalue weighted by Crippen LogP contribution is -1.99. The van der Waals surface area contributed by atoms with Crippen LogP contribution in [0.1, 0.15) is 5.69 Å². The summed E-state index contributed by atoms with van der Waals surface area (Å²) in [7, 11) is 1.49. The molecule has 3 rings (SSSR count). The molecule has 0 radical (unpaired) electrons. The van der Waals surface area contributed by atoms with Crippen LogP contribution in [0.3, 0.4) is 0 Å². The second kappa shape index (κ2) is 5.72. The van der Waals surface area contributed by atoms with Gasteiger partial charge < -0.3 is 13.9 Å². The van der Waals surface area contributed by atoms with Gasteiger partial charge in [-0.3, -0.25) is 10.1 Å². The van der Waals surface area contributed by atoms with E-state index in [1.807, 2.05) is 35.0 Å². The number of nitro groups is 1. The molecular formula is C15H13N3O4. The summed E-state index contributed by atoms with van der Waals surface area (Å²) < 4.78 is 12.7. The number of aromatic nitrogens is 2. The summed E-state index contributed by atoms with van der Waals surface area (Å²) in [6.07, 6.45) is 3.74. The van der Waals surface area contributed by atoms with E-state index >= 15 is 0 Å². The number of nitro benzene ring substituents is 1. The summed E-state index contributed by atoms with van der Waals surface area (Å²) in [6.45, 7) is 0.194. The van der Waals surface area contributed by atoms with Crippen LogP contribution in [0.2, 0.25) is 0 Å². The normalized spacial score (nSPS) is 10.6. The Morgan fingerprint density at radius 3 is 2.86 bits per heavy atom. The molecule has 0 unspecified atom stereocenters. The fourth-order valence-corrected chi connectivity index (χ4v) is 2.10. The molecule has 0 aliphatic rings. The molecule has 22 heavy (non-hydrogen) atoms. The topological polar surface area (TPSA) is 78.9 Å². The number of hydrogen-bond acceptors (Lipinski definition) is 5. The van der Waals surface area contributed by atoms with Gasteiger partial charge in [0, 0.05) is 18.5 Å². The van der Waals surface area contributed by atoms with Crippen molar-refractivity contribution < 1.29 is 14.4 Å². The van der Waals surface area contributed by atoms with Gasteiger partial charge in [-0.2, -0.15) is 0 Å². The highest BCUT2D eigenvalue weighted by Crippen LogP contribution is 2.31.